The molecule has 2 aromatic rings. The van der Waals surface area contributed by atoms with Crippen LogP contribution in [0.3, 0.4) is 0 Å². The Morgan fingerprint density at radius 1 is 1.26 bits per heavy atom. The fourth-order valence-electron chi connectivity index (χ4n) is 1.80. The molecule has 0 amide bonds. The van der Waals surface area contributed by atoms with Crippen molar-refractivity contribution in [1.29, 1.82) is 0 Å². The number of halogens is 2. The van der Waals surface area contributed by atoms with Crippen LogP contribution >= 0.6 is 0 Å². The van der Waals surface area contributed by atoms with Gasteiger partial charge in [-0.3, -0.25) is 0 Å². The number of alkyl halides is 1. The molecule has 1 heterocycles. The van der Waals surface area contributed by atoms with E-state index >= 15 is 0 Å². The summed E-state index contributed by atoms with van der Waals surface area (Å²) in [6.07, 6.45) is -1.34. The van der Waals surface area contributed by atoms with Crippen molar-refractivity contribution in [3.63, 3.8) is 0 Å². The van der Waals surface area contributed by atoms with Crippen LogP contribution in [-0.2, 0) is 0 Å². The van der Waals surface area contributed by atoms with Gasteiger partial charge >= 0.3 is 0 Å². The first-order chi connectivity index (χ1) is 10.8. The molecule has 8 heteroatoms. The number of nitrogens with zero attached hydrogens (tertiary/aromatic N) is 3. The lowest BCUT2D eigenvalue weighted by molar-refractivity contribution is 0.301. The molecule has 0 saturated carbocycles. The lowest BCUT2D eigenvalue weighted by Crippen LogP contribution is -2.25. The molecule has 0 bridgehead atoms. The van der Waals surface area contributed by atoms with Crippen LogP contribution in [0.25, 0.3) is 0 Å². The summed E-state index contributed by atoms with van der Waals surface area (Å²) >= 11 is 0. The largest absolute Gasteiger partial charge is 0.491 e. The van der Waals surface area contributed by atoms with Crippen molar-refractivity contribution in [2.45, 2.75) is 33.0 Å². The zero-order valence-corrected chi connectivity index (χ0v) is 13.2. The minimum absolute atomic E-state index is 0.0336. The lowest BCUT2D eigenvalue weighted by Gasteiger charge is -2.16. The molecule has 124 valence electrons. The summed E-state index contributed by atoms with van der Waals surface area (Å²) in [6.45, 7) is 5.06. The van der Waals surface area contributed by atoms with E-state index in [0.717, 1.165) is 0 Å². The smallest absolute Gasteiger partial charge is 0.228 e. The summed E-state index contributed by atoms with van der Waals surface area (Å²) < 4.78 is 32.2. The van der Waals surface area contributed by atoms with Gasteiger partial charge in [0.25, 0.3) is 0 Å². The third-order valence-electron chi connectivity index (χ3n) is 3.04. The number of anilines is 2. The highest BCUT2D eigenvalue weighted by molar-refractivity contribution is 5.32. The van der Waals surface area contributed by atoms with Gasteiger partial charge in [0.15, 0.2) is 12.0 Å². The van der Waals surface area contributed by atoms with E-state index < -0.39 is 6.17 Å². The molecule has 2 rings (SSSR count). The van der Waals surface area contributed by atoms with E-state index in [1.807, 2.05) is 6.92 Å². The fraction of sp³-hybridized carbons (Fsp3) is 0.400. The summed E-state index contributed by atoms with van der Waals surface area (Å²) in [4.78, 5) is 11.6. The average molecular weight is 323 g/mol. The monoisotopic (exact) mass is 323 g/mol. The van der Waals surface area contributed by atoms with Crippen LogP contribution in [0.15, 0.2) is 18.2 Å². The van der Waals surface area contributed by atoms with Gasteiger partial charge in [-0.2, -0.15) is 15.0 Å². The van der Waals surface area contributed by atoms with E-state index in [9.17, 15) is 8.78 Å². The Morgan fingerprint density at radius 2 is 2.00 bits per heavy atom. The Hall–Kier alpha value is -2.51. The molecule has 0 radical (unpaired) electrons. The topological polar surface area (TPSA) is 86.0 Å². The van der Waals surface area contributed by atoms with Gasteiger partial charge in [0.05, 0.1) is 6.04 Å². The number of nitrogens with two attached hydrogens (primary N) is 1. The Balaban J connectivity index is 1.96. The first-order valence-electron chi connectivity index (χ1n) is 7.16. The quantitative estimate of drug-likeness (QED) is 0.850. The van der Waals surface area contributed by atoms with Crippen LogP contribution < -0.4 is 15.8 Å². The molecule has 1 aromatic carbocycles. The molecule has 2 unspecified atom stereocenters. The minimum atomic E-state index is -1.34. The van der Waals surface area contributed by atoms with Crippen LogP contribution in [0.4, 0.5) is 20.7 Å². The highest BCUT2D eigenvalue weighted by atomic mass is 19.1. The highest BCUT2D eigenvalue weighted by Crippen LogP contribution is 2.17. The normalized spacial score (nSPS) is 13.4. The van der Waals surface area contributed by atoms with Crippen molar-refractivity contribution in [3.05, 3.63) is 35.4 Å². The molecule has 0 fully saturated rings. The molecule has 1 aromatic heterocycles. The van der Waals surface area contributed by atoms with E-state index in [4.69, 9.17) is 10.5 Å². The van der Waals surface area contributed by atoms with Gasteiger partial charge in [-0.15, -0.1) is 0 Å². The second-order valence-electron chi connectivity index (χ2n) is 5.26. The maximum Gasteiger partial charge on any atom is 0.228 e. The van der Waals surface area contributed by atoms with E-state index in [1.54, 1.807) is 19.1 Å². The number of rotatable bonds is 6. The maximum atomic E-state index is 13.4. The second-order valence-corrected chi connectivity index (χ2v) is 5.26. The number of aryl methyl sites for hydroxylation is 1. The molecule has 6 nitrogen and oxygen atoms in total. The minimum Gasteiger partial charge on any atom is -0.491 e. The standard InChI is InChI=1S/C15H19F2N5O/c1-8-4-5-11(6-12(8)17)23-7-9(2)19-15-21-13(10(3)16)20-14(18)22-15/h4-6,9-10H,7H2,1-3H3,(H3,18,19,20,21,22). The average Bonchev–Trinajstić information content (AvgIpc) is 2.48. The molecule has 3 N–H and O–H groups in total. The number of hydrogen-bond donors (Lipinski definition) is 2. The summed E-state index contributed by atoms with van der Waals surface area (Å²) in [6, 6.07) is 4.45. The van der Waals surface area contributed by atoms with E-state index in [2.05, 4.69) is 20.3 Å². The molecule has 0 saturated heterocycles. The van der Waals surface area contributed by atoms with Crippen LogP contribution in [0, 0.1) is 12.7 Å². The summed E-state index contributed by atoms with van der Waals surface area (Å²) in [7, 11) is 0. The maximum absolute atomic E-state index is 13.4. The van der Waals surface area contributed by atoms with Crippen molar-refractivity contribution in [2.75, 3.05) is 17.7 Å². The SMILES string of the molecule is Cc1ccc(OCC(C)Nc2nc(N)nc(C(C)F)n2)cc1F. The Bertz CT molecular complexity index is 681. The molecular formula is C15H19F2N5O. The molecule has 0 aliphatic carbocycles. The van der Waals surface area contributed by atoms with E-state index in [-0.39, 0.29) is 36.2 Å². The van der Waals surface area contributed by atoms with Crippen molar-refractivity contribution in [3.8, 4) is 5.75 Å². The zero-order chi connectivity index (χ0) is 17.0. The third-order valence-corrected chi connectivity index (χ3v) is 3.04. The molecule has 0 spiro atoms. The molecule has 0 aliphatic heterocycles. The molecule has 0 aliphatic rings. The first kappa shape index (κ1) is 16.9. The third kappa shape index (κ3) is 4.73. The highest BCUT2D eigenvalue weighted by Gasteiger charge is 2.12. The van der Waals surface area contributed by atoms with Crippen molar-refractivity contribution < 1.29 is 13.5 Å². The number of hydrogen-bond acceptors (Lipinski definition) is 6. The summed E-state index contributed by atoms with van der Waals surface area (Å²) in [5, 5.41) is 2.95. The number of ether oxygens (including phenoxy) is 1. The second kappa shape index (κ2) is 7.17. The van der Waals surface area contributed by atoms with Gasteiger partial charge in [0, 0.05) is 6.07 Å². The lowest BCUT2D eigenvalue weighted by atomic mass is 10.2. The fourth-order valence-corrected chi connectivity index (χ4v) is 1.80. The predicted octanol–water partition coefficient (Wildman–Crippen LogP) is 2.81. The number of aromatic nitrogens is 3. The van der Waals surface area contributed by atoms with Crippen molar-refractivity contribution in [1.82, 2.24) is 15.0 Å². The van der Waals surface area contributed by atoms with Gasteiger partial charge in [0.2, 0.25) is 11.9 Å². The summed E-state index contributed by atoms with van der Waals surface area (Å²) in [5.41, 5.74) is 6.08. The predicted molar refractivity (Wildman–Crippen MR) is 83.5 cm³/mol. The van der Waals surface area contributed by atoms with Crippen molar-refractivity contribution in [2.24, 2.45) is 0 Å². The number of nitrogen functional groups attached to an aromatic ring is 1. The molecule has 2 atom stereocenters. The van der Waals surface area contributed by atoms with Crippen LogP contribution in [-0.4, -0.2) is 27.6 Å². The number of nitrogens with one attached hydrogen (secondary N) is 1. The van der Waals surface area contributed by atoms with Crippen molar-refractivity contribution >= 4 is 11.9 Å². The van der Waals surface area contributed by atoms with Crippen LogP contribution in [0.1, 0.15) is 31.4 Å². The van der Waals surface area contributed by atoms with Crippen LogP contribution in [0.2, 0.25) is 0 Å². The van der Waals surface area contributed by atoms with E-state index in [0.29, 0.717) is 11.3 Å². The van der Waals surface area contributed by atoms with Gasteiger partial charge in [-0.1, -0.05) is 6.07 Å². The Labute approximate surface area is 133 Å². The van der Waals surface area contributed by atoms with Crippen LogP contribution in [0.5, 0.6) is 5.75 Å². The summed E-state index contributed by atoms with van der Waals surface area (Å²) in [5.74, 6) is 0.178. The Morgan fingerprint density at radius 3 is 2.65 bits per heavy atom. The Kier molecular flexibility index (Phi) is 5.25. The van der Waals surface area contributed by atoms with E-state index in [1.165, 1.54) is 13.0 Å². The molecule has 23 heavy (non-hydrogen) atoms. The van der Waals surface area contributed by atoms with Gasteiger partial charge in [-0.05, 0) is 32.4 Å². The van der Waals surface area contributed by atoms with Gasteiger partial charge < -0.3 is 15.8 Å². The number of benzene rings is 1. The first-order valence-corrected chi connectivity index (χ1v) is 7.16. The van der Waals surface area contributed by atoms with Gasteiger partial charge in [0.1, 0.15) is 18.2 Å². The van der Waals surface area contributed by atoms with Gasteiger partial charge in [-0.25, -0.2) is 8.78 Å². The zero-order valence-electron chi connectivity index (χ0n) is 13.2. The molecular weight excluding hydrogens is 304 g/mol.